The number of halogens is 3. The largest absolute Gasteiger partial charge is 0.417 e. The van der Waals surface area contributed by atoms with Crippen molar-refractivity contribution in [2.75, 3.05) is 0 Å². The first kappa shape index (κ1) is 13.5. The monoisotopic (exact) mass is 271 g/mol. The Bertz CT molecular complexity index is 548. The molecular formula is C12H12F3N3O. The van der Waals surface area contributed by atoms with Crippen molar-refractivity contribution in [3.63, 3.8) is 0 Å². The zero-order valence-corrected chi connectivity index (χ0v) is 10.1. The van der Waals surface area contributed by atoms with Crippen molar-refractivity contribution in [1.29, 1.82) is 0 Å². The second-order valence-electron chi connectivity index (χ2n) is 4.14. The van der Waals surface area contributed by atoms with Gasteiger partial charge in [-0.1, -0.05) is 0 Å². The van der Waals surface area contributed by atoms with Crippen molar-refractivity contribution in [1.82, 2.24) is 14.5 Å². The quantitative estimate of drug-likeness (QED) is 0.930. The summed E-state index contributed by atoms with van der Waals surface area (Å²) in [6.07, 6.45) is -1.18. The van der Waals surface area contributed by atoms with Gasteiger partial charge in [0.25, 0.3) is 0 Å². The number of rotatable bonds is 3. The fourth-order valence-electron chi connectivity index (χ4n) is 1.64. The highest BCUT2D eigenvalue weighted by atomic mass is 19.4. The lowest BCUT2D eigenvalue weighted by Gasteiger charge is -2.11. The number of imidazole rings is 1. The van der Waals surface area contributed by atoms with Crippen molar-refractivity contribution in [2.45, 2.75) is 18.7 Å². The number of aromatic nitrogens is 3. The molecule has 0 aromatic carbocycles. The van der Waals surface area contributed by atoms with Gasteiger partial charge in [0, 0.05) is 32.1 Å². The maximum atomic E-state index is 12.4. The lowest BCUT2D eigenvalue weighted by molar-refractivity contribution is -0.137. The summed E-state index contributed by atoms with van der Waals surface area (Å²) in [5.74, 6) is 0.634. The Morgan fingerprint density at radius 3 is 2.53 bits per heavy atom. The van der Waals surface area contributed by atoms with E-state index < -0.39 is 17.8 Å². The van der Waals surface area contributed by atoms with E-state index in [-0.39, 0.29) is 12.1 Å². The van der Waals surface area contributed by atoms with E-state index in [1.807, 2.05) is 0 Å². The predicted octanol–water partition coefficient (Wildman–Crippen LogP) is 2.11. The van der Waals surface area contributed by atoms with Crippen LogP contribution in [-0.4, -0.2) is 19.6 Å². The predicted molar refractivity (Wildman–Crippen MR) is 61.1 cm³/mol. The molecule has 1 atom stereocenters. The van der Waals surface area contributed by atoms with E-state index in [1.54, 1.807) is 24.0 Å². The fraction of sp³-hybridized carbons (Fsp3) is 0.333. The van der Waals surface area contributed by atoms with E-state index in [9.17, 15) is 18.3 Å². The van der Waals surface area contributed by atoms with Crippen LogP contribution >= 0.6 is 0 Å². The zero-order valence-electron chi connectivity index (χ0n) is 10.1. The van der Waals surface area contributed by atoms with Gasteiger partial charge >= 0.3 is 6.18 Å². The molecule has 102 valence electrons. The third-order valence-electron chi connectivity index (χ3n) is 2.75. The number of aliphatic hydroxyl groups excluding tert-OH is 1. The number of hydrogen-bond donors (Lipinski definition) is 1. The van der Waals surface area contributed by atoms with E-state index in [4.69, 9.17) is 0 Å². The molecule has 0 radical (unpaired) electrons. The molecule has 7 heteroatoms. The van der Waals surface area contributed by atoms with E-state index in [0.29, 0.717) is 5.82 Å². The van der Waals surface area contributed by atoms with Crippen molar-refractivity contribution >= 4 is 0 Å². The Kier molecular flexibility index (Phi) is 3.57. The molecule has 2 heterocycles. The number of aliphatic hydroxyl groups is 1. The average Bonchev–Trinajstić information content (AvgIpc) is 2.74. The van der Waals surface area contributed by atoms with E-state index in [2.05, 4.69) is 9.97 Å². The maximum Gasteiger partial charge on any atom is 0.417 e. The topological polar surface area (TPSA) is 50.9 Å². The number of hydrogen-bond acceptors (Lipinski definition) is 3. The molecule has 0 bridgehead atoms. The molecule has 0 fully saturated rings. The molecule has 19 heavy (non-hydrogen) atoms. The number of aryl methyl sites for hydroxylation is 1. The maximum absolute atomic E-state index is 12.4. The minimum atomic E-state index is -4.42. The van der Waals surface area contributed by atoms with Crippen LogP contribution in [0.5, 0.6) is 0 Å². The molecule has 0 aliphatic heterocycles. The molecule has 2 aromatic rings. The minimum Gasteiger partial charge on any atom is -0.386 e. The molecule has 4 nitrogen and oxygen atoms in total. The molecule has 2 rings (SSSR count). The van der Waals surface area contributed by atoms with Gasteiger partial charge in [0.2, 0.25) is 0 Å². The number of nitrogens with zero attached hydrogens (tertiary/aromatic N) is 3. The van der Waals surface area contributed by atoms with E-state index in [0.717, 1.165) is 12.3 Å². The Morgan fingerprint density at radius 2 is 2.05 bits per heavy atom. The molecular weight excluding hydrogens is 259 g/mol. The summed E-state index contributed by atoms with van der Waals surface area (Å²) >= 11 is 0. The molecule has 2 aromatic heterocycles. The summed E-state index contributed by atoms with van der Waals surface area (Å²) in [5, 5.41) is 9.91. The lowest BCUT2D eigenvalue weighted by Crippen LogP contribution is -2.10. The first-order valence-electron chi connectivity index (χ1n) is 5.55. The summed E-state index contributed by atoms with van der Waals surface area (Å²) in [4.78, 5) is 7.68. The molecule has 0 aliphatic carbocycles. The summed E-state index contributed by atoms with van der Waals surface area (Å²) in [7, 11) is 1.77. The van der Waals surface area contributed by atoms with Gasteiger partial charge in [0.1, 0.15) is 11.9 Å². The van der Waals surface area contributed by atoms with Crippen molar-refractivity contribution in [3.05, 3.63) is 47.8 Å². The second kappa shape index (κ2) is 5.00. The summed E-state index contributed by atoms with van der Waals surface area (Å²) in [6, 6.07) is 2.08. The lowest BCUT2D eigenvalue weighted by atomic mass is 10.1. The van der Waals surface area contributed by atoms with Crippen LogP contribution in [0.4, 0.5) is 13.2 Å². The summed E-state index contributed by atoms with van der Waals surface area (Å²) in [6.45, 7) is 0. The van der Waals surface area contributed by atoms with Crippen LogP contribution in [0, 0.1) is 0 Å². The first-order chi connectivity index (χ1) is 8.88. The molecule has 1 N–H and O–H groups in total. The highest BCUT2D eigenvalue weighted by Gasteiger charge is 2.30. The third kappa shape index (κ3) is 3.11. The van der Waals surface area contributed by atoms with Crippen molar-refractivity contribution in [3.8, 4) is 0 Å². The van der Waals surface area contributed by atoms with Crippen LogP contribution in [0.1, 0.15) is 23.2 Å². The van der Waals surface area contributed by atoms with Crippen LogP contribution < -0.4 is 0 Å². The van der Waals surface area contributed by atoms with Crippen LogP contribution in [0.25, 0.3) is 0 Å². The Morgan fingerprint density at radius 1 is 1.32 bits per heavy atom. The molecule has 0 saturated carbocycles. The van der Waals surface area contributed by atoms with Gasteiger partial charge in [-0.25, -0.2) is 4.98 Å². The molecule has 0 spiro atoms. The average molecular weight is 271 g/mol. The summed E-state index contributed by atoms with van der Waals surface area (Å²) < 4.78 is 38.8. The van der Waals surface area contributed by atoms with Crippen molar-refractivity contribution in [2.24, 2.45) is 7.05 Å². The van der Waals surface area contributed by atoms with Gasteiger partial charge in [-0.05, 0) is 12.1 Å². The summed E-state index contributed by atoms with van der Waals surface area (Å²) in [5.41, 5.74) is -0.642. The van der Waals surface area contributed by atoms with E-state index >= 15 is 0 Å². The first-order valence-corrected chi connectivity index (χ1v) is 5.55. The number of alkyl halides is 3. The van der Waals surface area contributed by atoms with Crippen molar-refractivity contribution < 1.29 is 18.3 Å². The van der Waals surface area contributed by atoms with Gasteiger partial charge in [-0.3, -0.25) is 4.98 Å². The van der Waals surface area contributed by atoms with Crippen LogP contribution in [-0.2, 0) is 19.6 Å². The van der Waals surface area contributed by atoms with Gasteiger partial charge in [-0.2, -0.15) is 13.2 Å². The third-order valence-corrected chi connectivity index (χ3v) is 2.75. The Labute approximate surface area is 107 Å². The van der Waals surface area contributed by atoms with Gasteiger partial charge in [0.05, 0.1) is 11.3 Å². The molecule has 0 amide bonds. The Balaban J connectivity index is 2.12. The molecule has 1 unspecified atom stereocenters. The van der Waals surface area contributed by atoms with Gasteiger partial charge in [-0.15, -0.1) is 0 Å². The van der Waals surface area contributed by atoms with Crippen LogP contribution in [0.15, 0.2) is 30.7 Å². The highest BCUT2D eigenvalue weighted by Crippen LogP contribution is 2.29. The molecule has 0 aliphatic rings. The minimum absolute atomic E-state index is 0.191. The van der Waals surface area contributed by atoms with E-state index in [1.165, 1.54) is 6.07 Å². The van der Waals surface area contributed by atoms with Crippen LogP contribution in [0.3, 0.4) is 0 Å². The standard InChI is InChI=1S/C12H12F3N3O/c1-18-5-4-16-11(18)6-10(19)9-3-2-8(7-17-9)12(13,14)15/h2-5,7,10,19H,6H2,1H3. The fourth-order valence-corrected chi connectivity index (χ4v) is 1.64. The SMILES string of the molecule is Cn1ccnc1CC(O)c1ccc(C(F)(F)F)cn1. The van der Waals surface area contributed by atoms with Gasteiger partial charge in [0.15, 0.2) is 0 Å². The number of pyridine rings is 1. The van der Waals surface area contributed by atoms with Gasteiger partial charge < -0.3 is 9.67 Å². The normalized spacial score (nSPS) is 13.5. The second-order valence-corrected chi connectivity index (χ2v) is 4.14. The van der Waals surface area contributed by atoms with Crippen LogP contribution in [0.2, 0.25) is 0 Å². The Hall–Kier alpha value is -1.89. The smallest absolute Gasteiger partial charge is 0.386 e. The zero-order chi connectivity index (χ0) is 14.0. The molecule has 0 saturated heterocycles. The highest BCUT2D eigenvalue weighted by molar-refractivity contribution is 5.18.